The standard InChI is InChI=1S/C79H144O17P2/c1-5-9-13-17-21-25-29-33-36-40-44-48-52-56-60-64-77(82)90-70-75(96-79(84)66-62-58-54-50-46-42-38-35-31-27-23-19-15-11-7-3)72-94-98(87,88)92-68-73(80)67-91-97(85,86)93-71-74(69-89-76(81)63-59-55-51-47-43-39-32-28-24-20-16-12-8-4)95-78(83)65-61-57-53-49-45-41-37-34-30-26-22-18-14-10-6-2/h22,26-27,31,33-38,73-75,80H,5-21,23-25,28-30,32,39-72H2,1-4H3,(H,85,86)(H,87,88)/b26-22-,31-27-,36-33-,37-34-,38-35-/t73-,74-,75-/m1/s1. The summed E-state index contributed by atoms with van der Waals surface area (Å²) in [4.78, 5) is 72.9. The molecule has 0 aromatic rings. The number of ether oxygens (including phenoxy) is 4. The maximum Gasteiger partial charge on any atom is 0.472 e. The second kappa shape index (κ2) is 72.1. The van der Waals surface area contributed by atoms with Gasteiger partial charge in [-0.2, -0.15) is 0 Å². The van der Waals surface area contributed by atoms with E-state index in [4.69, 9.17) is 37.0 Å². The molecule has 3 N–H and O–H groups in total. The van der Waals surface area contributed by atoms with Crippen molar-refractivity contribution in [2.24, 2.45) is 0 Å². The Kier molecular flexibility index (Phi) is 69.7. The molecule has 0 aliphatic carbocycles. The lowest BCUT2D eigenvalue weighted by Crippen LogP contribution is -2.30. The maximum absolute atomic E-state index is 13.1. The van der Waals surface area contributed by atoms with E-state index in [1.165, 1.54) is 141 Å². The normalized spacial score (nSPS) is 14.2. The highest BCUT2D eigenvalue weighted by molar-refractivity contribution is 7.47. The molecule has 0 saturated carbocycles. The van der Waals surface area contributed by atoms with Crippen molar-refractivity contribution in [1.82, 2.24) is 0 Å². The first-order chi connectivity index (χ1) is 47.7. The summed E-state index contributed by atoms with van der Waals surface area (Å²) in [6, 6.07) is 0. The lowest BCUT2D eigenvalue weighted by molar-refractivity contribution is -0.161. The zero-order chi connectivity index (χ0) is 71.8. The van der Waals surface area contributed by atoms with Crippen LogP contribution in [0.5, 0.6) is 0 Å². The highest BCUT2D eigenvalue weighted by atomic mass is 31.2. The summed E-state index contributed by atoms with van der Waals surface area (Å²) >= 11 is 0. The number of rotatable bonds is 75. The molecule has 2 unspecified atom stereocenters. The lowest BCUT2D eigenvalue weighted by Gasteiger charge is -2.21. The molecule has 572 valence electrons. The van der Waals surface area contributed by atoms with Gasteiger partial charge in [-0.3, -0.25) is 37.3 Å². The van der Waals surface area contributed by atoms with Crippen molar-refractivity contribution in [3.8, 4) is 0 Å². The minimum atomic E-state index is -4.97. The van der Waals surface area contributed by atoms with E-state index < -0.39 is 97.5 Å². The molecule has 0 fully saturated rings. The van der Waals surface area contributed by atoms with Crippen molar-refractivity contribution in [1.29, 1.82) is 0 Å². The van der Waals surface area contributed by atoms with Crippen LogP contribution in [0.25, 0.3) is 0 Å². The topological polar surface area (TPSA) is 237 Å². The van der Waals surface area contributed by atoms with Gasteiger partial charge in [-0.25, -0.2) is 9.13 Å². The molecule has 98 heavy (non-hydrogen) atoms. The number of esters is 4. The van der Waals surface area contributed by atoms with Crippen LogP contribution in [0, 0.1) is 0 Å². The fourth-order valence-corrected chi connectivity index (χ4v) is 12.5. The van der Waals surface area contributed by atoms with Crippen LogP contribution in [0.4, 0.5) is 0 Å². The molecule has 0 amide bonds. The van der Waals surface area contributed by atoms with Crippen molar-refractivity contribution in [2.45, 2.75) is 380 Å². The van der Waals surface area contributed by atoms with Gasteiger partial charge in [0.2, 0.25) is 0 Å². The Balaban J connectivity index is 5.35. The predicted octanol–water partition coefficient (Wildman–Crippen LogP) is 22.7. The molecule has 0 aliphatic heterocycles. The number of aliphatic hydroxyl groups excluding tert-OH is 1. The molecule has 0 rings (SSSR count). The molecule has 0 aromatic carbocycles. The van der Waals surface area contributed by atoms with Crippen LogP contribution in [0.1, 0.15) is 362 Å². The van der Waals surface area contributed by atoms with Gasteiger partial charge in [-0.1, -0.05) is 288 Å². The van der Waals surface area contributed by atoms with E-state index in [1.807, 2.05) is 0 Å². The van der Waals surface area contributed by atoms with E-state index in [-0.39, 0.29) is 25.7 Å². The number of carbonyl (C=O) groups is 4. The van der Waals surface area contributed by atoms with E-state index >= 15 is 0 Å². The second-order valence-corrected chi connectivity index (χ2v) is 29.6. The molecular weight excluding hydrogens is 1280 g/mol. The van der Waals surface area contributed by atoms with Crippen molar-refractivity contribution >= 4 is 39.5 Å². The predicted molar refractivity (Wildman–Crippen MR) is 400 cm³/mol. The van der Waals surface area contributed by atoms with Crippen LogP contribution < -0.4 is 0 Å². The van der Waals surface area contributed by atoms with E-state index in [1.54, 1.807) is 0 Å². The third kappa shape index (κ3) is 71.2. The molecule has 0 aromatic heterocycles. The summed E-state index contributed by atoms with van der Waals surface area (Å²) < 4.78 is 68.5. The van der Waals surface area contributed by atoms with E-state index in [0.717, 1.165) is 141 Å². The SMILES string of the molecule is CCCCC/C=C\C/C=C\CCCCCCCC(=O)O[C@H](COC(=O)CCCCCCCCCCCCCCC)COP(=O)(O)OC[C@@H](O)COP(=O)(O)OC[C@@H](COC(=O)CCCCCCC/C=C\CCCCCCCC)OC(=O)CCCCCCC/C=C\C=C/CCCCCC. The van der Waals surface area contributed by atoms with Crippen molar-refractivity contribution in [2.75, 3.05) is 39.6 Å². The number of hydrogen-bond acceptors (Lipinski definition) is 15. The number of allylic oxidation sites excluding steroid dienone is 10. The zero-order valence-corrected chi connectivity index (χ0v) is 64.3. The number of carbonyl (C=O) groups excluding carboxylic acids is 4. The van der Waals surface area contributed by atoms with Gasteiger partial charge in [-0.15, -0.1) is 0 Å². The number of phosphoric ester groups is 2. The van der Waals surface area contributed by atoms with E-state index in [9.17, 15) is 43.2 Å². The van der Waals surface area contributed by atoms with Gasteiger partial charge in [0, 0.05) is 25.7 Å². The van der Waals surface area contributed by atoms with Crippen molar-refractivity contribution < 1.29 is 80.2 Å². The third-order valence-electron chi connectivity index (χ3n) is 17.0. The molecule has 0 aliphatic rings. The average molecular weight is 1430 g/mol. The van der Waals surface area contributed by atoms with Gasteiger partial charge in [0.1, 0.15) is 19.3 Å². The summed E-state index contributed by atoms with van der Waals surface area (Å²) in [5.41, 5.74) is 0. The Morgan fingerprint density at radius 1 is 0.296 bits per heavy atom. The third-order valence-corrected chi connectivity index (χ3v) is 18.9. The fraction of sp³-hybridized carbons (Fsp3) is 0.823. The summed E-state index contributed by atoms with van der Waals surface area (Å²) in [7, 11) is -9.95. The number of phosphoric acid groups is 2. The summed E-state index contributed by atoms with van der Waals surface area (Å²) in [5, 5.41) is 10.6. The Bertz CT molecular complexity index is 2100. The van der Waals surface area contributed by atoms with Gasteiger partial charge in [0.15, 0.2) is 12.2 Å². The van der Waals surface area contributed by atoms with E-state index in [2.05, 4.69) is 88.5 Å². The number of unbranched alkanes of at least 4 members (excludes halogenated alkanes) is 40. The van der Waals surface area contributed by atoms with Gasteiger partial charge in [0.25, 0.3) is 0 Å². The minimum absolute atomic E-state index is 0.0794. The first kappa shape index (κ1) is 94.8. The Morgan fingerprint density at radius 3 is 0.857 bits per heavy atom. The molecule has 0 bridgehead atoms. The first-order valence-corrected chi connectivity index (χ1v) is 42.5. The first-order valence-electron chi connectivity index (χ1n) is 39.5. The largest absolute Gasteiger partial charge is 0.472 e. The number of aliphatic hydroxyl groups is 1. The second-order valence-electron chi connectivity index (χ2n) is 26.7. The van der Waals surface area contributed by atoms with Crippen LogP contribution in [-0.2, 0) is 65.4 Å². The lowest BCUT2D eigenvalue weighted by atomic mass is 10.0. The van der Waals surface area contributed by atoms with Crippen LogP contribution >= 0.6 is 15.6 Å². The summed E-state index contributed by atoms with van der Waals surface area (Å²) in [6.07, 6.45) is 70.5. The van der Waals surface area contributed by atoms with Gasteiger partial charge in [-0.05, 0) is 109 Å². The summed E-state index contributed by atoms with van der Waals surface area (Å²) in [5.74, 6) is -2.18. The average Bonchev–Trinajstić information content (AvgIpc) is 1.05. The molecule has 17 nitrogen and oxygen atoms in total. The maximum atomic E-state index is 13.1. The monoisotopic (exact) mass is 1430 g/mol. The van der Waals surface area contributed by atoms with Crippen LogP contribution in [0.3, 0.4) is 0 Å². The Morgan fingerprint density at radius 2 is 0.531 bits per heavy atom. The fourth-order valence-electron chi connectivity index (χ4n) is 10.9. The van der Waals surface area contributed by atoms with Gasteiger partial charge in [0.05, 0.1) is 26.4 Å². The van der Waals surface area contributed by atoms with Crippen LogP contribution in [0.15, 0.2) is 60.8 Å². The molecule has 19 heteroatoms. The van der Waals surface area contributed by atoms with Gasteiger partial charge < -0.3 is 33.8 Å². The summed E-state index contributed by atoms with van der Waals surface area (Å²) in [6.45, 7) is 4.84. The molecule has 5 atom stereocenters. The number of hydrogen-bond donors (Lipinski definition) is 3. The molecule has 0 radical (unpaired) electrons. The highest BCUT2D eigenvalue weighted by Crippen LogP contribution is 2.45. The van der Waals surface area contributed by atoms with Gasteiger partial charge >= 0.3 is 39.5 Å². The molecule has 0 heterocycles. The molecule has 0 spiro atoms. The Labute approximate surface area is 597 Å². The van der Waals surface area contributed by atoms with Crippen molar-refractivity contribution in [3.05, 3.63) is 60.8 Å². The van der Waals surface area contributed by atoms with Crippen LogP contribution in [0.2, 0.25) is 0 Å². The Hall–Kier alpha value is -3.24. The quantitative estimate of drug-likeness (QED) is 0.0128. The van der Waals surface area contributed by atoms with E-state index in [0.29, 0.717) is 25.7 Å². The molecule has 0 saturated heterocycles. The van der Waals surface area contributed by atoms with Crippen LogP contribution in [-0.4, -0.2) is 96.7 Å². The smallest absolute Gasteiger partial charge is 0.462 e. The highest BCUT2D eigenvalue weighted by Gasteiger charge is 2.30. The van der Waals surface area contributed by atoms with Crippen molar-refractivity contribution in [3.63, 3.8) is 0 Å². The molecular formula is C79H144O17P2. The minimum Gasteiger partial charge on any atom is -0.462 e. The zero-order valence-electron chi connectivity index (χ0n) is 62.5.